The van der Waals surface area contributed by atoms with Gasteiger partial charge in [-0.1, -0.05) is 49.9 Å². The fourth-order valence-electron chi connectivity index (χ4n) is 2.78. The van der Waals surface area contributed by atoms with Crippen molar-refractivity contribution in [1.82, 2.24) is 4.98 Å². The predicted molar refractivity (Wildman–Crippen MR) is 99.8 cm³/mol. The minimum atomic E-state index is 0.306. The molecule has 1 unspecified atom stereocenters. The van der Waals surface area contributed by atoms with Crippen molar-refractivity contribution in [1.29, 1.82) is 0 Å². The zero-order chi connectivity index (χ0) is 17.1. The van der Waals surface area contributed by atoms with E-state index in [9.17, 15) is 0 Å². The SMILES string of the molecule is C=C(c1ccc(C)c(C)c1)C(C)Cc1coc(-c2ccccc2)n1. The van der Waals surface area contributed by atoms with Gasteiger partial charge < -0.3 is 4.42 Å². The van der Waals surface area contributed by atoms with Crippen LogP contribution in [0, 0.1) is 19.8 Å². The maximum Gasteiger partial charge on any atom is 0.226 e. The van der Waals surface area contributed by atoms with Gasteiger partial charge in [-0.2, -0.15) is 0 Å². The molecule has 0 N–H and O–H groups in total. The lowest BCUT2D eigenvalue weighted by Crippen LogP contribution is -2.03. The molecule has 0 spiro atoms. The molecular formula is C22H23NO. The normalized spacial score (nSPS) is 12.1. The first kappa shape index (κ1) is 16.3. The third-order valence-electron chi connectivity index (χ3n) is 4.56. The molecule has 3 aromatic rings. The summed E-state index contributed by atoms with van der Waals surface area (Å²) in [5.74, 6) is 0.982. The molecule has 0 aliphatic carbocycles. The van der Waals surface area contributed by atoms with Crippen LogP contribution in [0.3, 0.4) is 0 Å². The van der Waals surface area contributed by atoms with Crippen LogP contribution in [-0.4, -0.2) is 4.98 Å². The highest BCUT2D eigenvalue weighted by molar-refractivity contribution is 5.66. The Kier molecular flexibility index (Phi) is 4.66. The monoisotopic (exact) mass is 317 g/mol. The first-order valence-corrected chi connectivity index (χ1v) is 8.31. The van der Waals surface area contributed by atoms with Gasteiger partial charge in [0, 0.05) is 5.56 Å². The van der Waals surface area contributed by atoms with E-state index in [0.717, 1.165) is 23.3 Å². The smallest absolute Gasteiger partial charge is 0.226 e. The number of allylic oxidation sites excluding steroid dienone is 1. The van der Waals surface area contributed by atoms with E-state index in [4.69, 9.17) is 4.42 Å². The van der Waals surface area contributed by atoms with Gasteiger partial charge in [0.2, 0.25) is 5.89 Å². The Morgan fingerprint density at radius 3 is 2.54 bits per heavy atom. The first-order valence-electron chi connectivity index (χ1n) is 8.31. The standard InChI is InChI=1S/C22H23NO/c1-15-10-11-20(12-16(15)2)18(4)17(3)13-21-14-24-22(23-21)19-8-6-5-7-9-19/h5-12,14,17H,4,13H2,1-3H3. The third-order valence-corrected chi connectivity index (χ3v) is 4.56. The second-order valence-corrected chi connectivity index (χ2v) is 6.44. The zero-order valence-corrected chi connectivity index (χ0v) is 14.5. The fourth-order valence-corrected chi connectivity index (χ4v) is 2.78. The Morgan fingerprint density at radius 1 is 1.08 bits per heavy atom. The molecular weight excluding hydrogens is 294 g/mol. The Bertz CT molecular complexity index is 845. The number of rotatable bonds is 5. The van der Waals surface area contributed by atoms with Gasteiger partial charge in [-0.3, -0.25) is 0 Å². The quantitative estimate of drug-likeness (QED) is 0.590. The van der Waals surface area contributed by atoms with Crippen LogP contribution in [0.1, 0.15) is 29.3 Å². The number of aryl methyl sites for hydroxylation is 2. The Labute approximate surface area is 143 Å². The molecule has 2 nitrogen and oxygen atoms in total. The molecule has 3 rings (SSSR count). The van der Waals surface area contributed by atoms with E-state index in [0.29, 0.717) is 11.8 Å². The van der Waals surface area contributed by atoms with E-state index >= 15 is 0 Å². The van der Waals surface area contributed by atoms with Crippen LogP contribution in [0.4, 0.5) is 0 Å². The molecule has 1 atom stereocenters. The van der Waals surface area contributed by atoms with E-state index in [2.05, 4.69) is 50.5 Å². The van der Waals surface area contributed by atoms with Crippen LogP contribution in [0.25, 0.3) is 17.0 Å². The van der Waals surface area contributed by atoms with Crippen LogP contribution in [0.15, 0.2) is 65.8 Å². The number of hydrogen-bond acceptors (Lipinski definition) is 2. The number of aromatic nitrogens is 1. The third kappa shape index (κ3) is 3.48. The number of oxazole rings is 1. The molecule has 0 aliphatic rings. The summed E-state index contributed by atoms with van der Waals surface area (Å²) in [6, 6.07) is 16.5. The fraction of sp³-hybridized carbons (Fsp3) is 0.227. The summed E-state index contributed by atoms with van der Waals surface area (Å²) >= 11 is 0. The molecule has 0 saturated heterocycles. The number of nitrogens with zero attached hydrogens (tertiary/aromatic N) is 1. The average molecular weight is 317 g/mol. The minimum absolute atomic E-state index is 0.306. The number of benzene rings is 2. The minimum Gasteiger partial charge on any atom is -0.444 e. The van der Waals surface area contributed by atoms with Gasteiger partial charge in [-0.05, 0) is 60.6 Å². The van der Waals surface area contributed by atoms with Crippen LogP contribution in [-0.2, 0) is 6.42 Å². The van der Waals surface area contributed by atoms with Gasteiger partial charge in [0.1, 0.15) is 6.26 Å². The van der Waals surface area contributed by atoms with Gasteiger partial charge in [-0.15, -0.1) is 0 Å². The largest absolute Gasteiger partial charge is 0.444 e. The summed E-state index contributed by atoms with van der Waals surface area (Å²) in [5.41, 5.74) is 6.92. The summed E-state index contributed by atoms with van der Waals surface area (Å²) < 4.78 is 5.63. The van der Waals surface area contributed by atoms with Crippen molar-refractivity contribution in [2.75, 3.05) is 0 Å². The molecule has 2 heteroatoms. The lowest BCUT2D eigenvalue weighted by Gasteiger charge is -2.15. The second-order valence-electron chi connectivity index (χ2n) is 6.44. The molecule has 0 saturated carbocycles. The molecule has 1 heterocycles. The van der Waals surface area contributed by atoms with Crippen molar-refractivity contribution in [3.8, 4) is 11.5 Å². The van der Waals surface area contributed by atoms with E-state index in [1.807, 2.05) is 30.3 Å². The molecule has 0 bridgehead atoms. The van der Waals surface area contributed by atoms with Crippen molar-refractivity contribution in [2.24, 2.45) is 5.92 Å². The van der Waals surface area contributed by atoms with Gasteiger partial charge in [0.15, 0.2) is 0 Å². The molecule has 1 aromatic heterocycles. The van der Waals surface area contributed by atoms with E-state index in [-0.39, 0.29) is 0 Å². The molecule has 2 aromatic carbocycles. The lowest BCUT2D eigenvalue weighted by molar-refractivity contribution is 0.571. The molecule has 0 radical (unpaired) electrons. The highest BCUT2D eigenvalue weighted by Crippen LogP contribution is 2.27. The van der Waals surface area contributed by atoms with Gasteiger partial charge in [0.25, 0.3) is 0 Å². The van der Waals surface area contributed by atoms with Crippen molar-refractivity contribution >= 4 is 5.57 Å². The highest BCUT2D eigenvalue weighted by atomic mass is 16.3. The van der Waals surface area contributed by atoms with Gasteiger partial charge >= 0.3 is 0 Å². The Balaban J connectivity index is 1.72. The highest BCUT2D eigenvalue weighted by Gasteiger charge is 2.14. The molecule has 122 valence electrons. The van der Waals surface area contributed by atoms with Crippen molar-refractivity contribution in [2.45, 2.75) is 27.2 Å². The Morgan fingerprint density at radius 2 is 1.83 bits per heavy atom. The maximum atomic E-state index is 5.63. The Hall–Kier alpha value is -2.61. The van der Waals surface area contributed by atoms with E-state index in [1.54, 1.807) is 6.26 Å². The molecule has 0 amide bonds. The second kappa shape index (κ2) is 6.88. The summed E-state index contributed by atoms with van der Waals surface area (Å²) in [6.07, 6.45) is 2.58. The summed E-state index contributed by atoms with van der Waals surface area (Å²) in [4.78, 5) is 4.62. The first-order chi connectivity index (χ1) is 11.5. The number of hydrogen-bond donors (Lipinski definition) is 0. The molecule has 0 fully saturated rings. The molecule has 24 heavy (non-hydrogen) atoms. The van der Waals surface area contributed by atoms with Crippen molar-refractivity contribution in [3.63, 3.8) is 0 Å². The van der Waals surface area contributed by atoms with Crippen LogP contribution in [0.2, 0.25) is 0 Å². The van der Waals surface area contributed by atoms with E-state index < -0.39 is 0 Å². The van der Waals surface area contributed by atoms with E-state index in [1.165, 1.54) is 16.7 Å². The van der Waals surface area contributed by atoms with Crippen LogP contribution >= 0.6 is 0 Å². The molecule has 0 aliphatic heterocycles. The predicted octanol–water partition coefficient (Wildman–Crippen LogP) is 5.85. The van der Waals surface area contributed by atoms with Crippen molar-refractivity contribution in [3.05, 3.63) is 83.8 Å². The van der Waals surface area contributed by atoms with Crippen LogP contribution < -0.4 is 0 Å². The summed E-state index contributed by atoms with van der Waals surface area (Å²) in [6.45, 7) is 10.8. The van der Waals surface area contributed by atoms with Gasteiger partial charge in [-0.25, -0.2) is 4.98 Å². The summed E-state index contributed by atoms with van der Waals surface area (Å²) in [5, 5.41) is 0. The van der Waals surface area contributed by atoms with Crippen LogP contribution in [0.5, 0.6) is 0 Å². The average Bonchev–Trinajstić information content (AvgIpc) is 3.06. The van der Waals surface area contributed by atoms with Crippen molar-refractivity contribution < 1.29 is 4.42 Å². The lowest BCUT2D eigenvalue weighted by atomic mass is 9.90. The van der Waals surface area contributed by atoms with Gasteiger partial charge in [0.05, 0.1) is 5.69 Å². The summed E-state index contributed by atoms with van der Waals surface area (Å²) in [7, 11) is 0. The maximum absolute atomic E-state index is 5.63. The topological polar surface area (TPSA) is 26.0 Å². The zero-order valence-electron chi connectivity index (χ0n) is 14.5.